The molecule has 0 aromatic rings. The van der Waals surface area contributed by atoms with Gasteiger partial charge in [-0.15, -0.1) is 0 Å². The van der Waals surface area contributed by atoms with E-state index in [0.29, 0.717) is 19.1 Å². The van der Waals surface area contributed by atoms with Crippen LogP contribution in [-0.4, -0.2) is 44.9 Å². The summed E-state index contributed by atoms with van der Waals surface area (Å²) in [5.74, 6) is 0.0617. The van der Waals surface area contributed by atoms with E-state index in [2.05, 4.69) is 5.32 Å². The Morgan fingerprint density at radius 2 is 2.47 bits per heavy atom. The molecule has 3 N–H and O–H groups in total. The fourth-order valence-electron chi connectivity index (χ4n) is 1.41. The van der Waals surface area contributed by atoms with Gasteiger partial charge >= 0.3 is 0 Å². The molecule has 5 nitrogen and oxygen atoms in total. The minimum Gasteiger partial charge on any atom is -0.381 e. The van der Waals surface area contributed by atoms with Gasteiger partial charge in [-0.05, 0) is 20.4 Å². The zero-order chi connectivity index (χ0) is 11.3. The molecule has 2 unspecified atom stereocenters. The maximum atomic E-state index is 11.1. The van der Waals surface area contributed by atoms with Crippen molar-refractivity contribution >= 4 is 5.91 Å². The summed E-state index contributed by atoms with van der Waals surface area (Å²) in [7, 11) is 1.70. The normalized spacial score (nSPS) is 25.1. The molecule has 0 aromatic carbocycles. The van der Waals surface area contributed by atoms with Crippen LogP contribution in [0.25, 0.3) is 0 Å². The Bertz CT molecular complexity index is 217. The van der Waals surface area contributed by atoms with E-state index in [9.17, 15) is 4.79 Å². The number of hydrogen-bond acceptors (Lipinski definition) is 4. The number of hydrogen-bond donors (Lipinski definition) is 2. The molecule has 1 aliphatic heterocycles. The van der Waals surface area contributed by atoms with Gasteiger partial charge in [0.1, 0.15) is 5.54 Å². The van der Waals surface area contributed by atoms with Crippen molar-refractivity contribution in [3.8, 4) is 0 Å². The molecule has 0 aliphatic carbocycles. The maximum absolute atomic E-state index is 11.1. The number of nitrogens with one attached hydrogen (secondary N) is 1. The van der Waals surface area contributed by atoms with E-state index < -0.39 is 11.4 Å². The van der Waals surface area contributed by atoms with Crippen LogP contribution in [0.5, 0.6) is 0 Å². The lowest BCUT2D eigenvalue weighted by Crippen LogP contribution is -2.55. The molecule has 88 valence electrons. The Hall–Kier alpha value is -0.650. The predicted octanol–water partition coefficient (Wildman–Crippen LogP) is -0.497. The van der Waals surface area contributed by atoms with Crippen molar-refractivity contribution in [2.24, 2.45) is 11.7 Å². The third-order valence-electron chi connectivity index (χ3n) is 2.86. The second kappa shape index (κ2) is 5.44. The Labute approximate surface area is 90.3 Å². The quantitative estimate of drug-likeness (QED) is 0.628. The number of likely N-dealkylation sites (N-methyl/N-ethyl adjacent to an activating group) is 1. The molecule has 0 spiro atoms. The van der Waals surface area contributed by atoms with Gasteiger partial charge in [0, 0.05) is 12.5 Å². The van der Waals surface area contributed by atoms with E-state index in [4.69, 9.17) is 15.2 Å². The Kier molecular flexibility index (Phi) is 4.50. The number of amides is 1. The molecule has 0 aromatic heterocycles. The SMILES string of the molecule is CNC(C)(COCC1CCOC1)C(N)=O. The summed E-state index contributed by atoms with van der Waals surface area (Å²) in [6.07, 6.45) is 1.03. The largest absolute Gasteiger partial charge is 0.381 e. The van der Waals surface area contributed by atoms with Crippen molar-refractivity contribution < 1.29 is 14.3 Å². The fourth-order valence-corrected chi connectivity index (χ4v) is 1.41. The summed E-state index contributed by atoms with van der Waals surface area (Å²) >= 11 is 0. The summed E-state index contributed by atoms with van der Waals surface area (Å²) in [5.41, 5.74) is 4.49. The summed E-state index contributed by atoms with van der Waals surface area (Å²) in [5, 5.41) is 2.87. The number of primary amides is 1. The van der Waals surface area contributed by atoms with Gasteiger partial charge in [-0.3, -0.25) is 4.79 Å². The monoisotopic (exact) mass is 216 g/mol. The van der Waals surface area contributed by atoms with Crippen molar-refractivity contribution in [2.75, 3.05) is 33.5 Å². The zero-order valence-electron chi connectivity index (χ0n) is 9.41. The average Bonchev–Trinajstić information content (AvgIpc) is 2.70. The molecule has 5 heteroatoms. The van der Waals surface area contributed by atoms with E-state index in [-0.39, 0.29) is 0 Å². The van der Waals surface area contributed by atoms with Gasteiger partial charge in [-0.1, -0.05) is 0 Å². The molecule has 0 saturated carbocycles. The van der Waals surface area contributed by atoms with E-state index in [1.807, 2.05) is 0 Å². The lowest BCUT2D eigenvalue weighted by Gasteiger charge is -2.25. The average molecular weight is 216 g/mol. The molecule has 1 rings (SSSR count). The van der Waals surface area contributed by atoms with Crippen molar-refractivity contribution in [3.05, 3.63) is 0 Å². The highest BCUT2D eigenvalue weighted by Gasteiger charge is 2.29. The minimum atomic E-state index is -0.778. The van der Waals surface area contributed by atoms with Crippen LogP contribution in [0.15, 0.2) is 0 Å². The number of nitrogens with two attached hydrogens (primary N) is 1. The molecule has 2 atom stereocenters. The van der Waals surface area contributed by atoms with Crippen LogP contribution in [0.3, 0.4) is 0 Å². The topological polar surface area (TPSA) is 73.6 Å². The first kappa shape index (κ1) is 12.4. The lowest BCUT2D eigenvalue weighted by atomic mass is 10.0. The molecule has 1 fully saturated rings. The van der Waals surface area contributed by atoms with Crippen molar-refractivity contribution in [1.29, 1.82) is 0 Å². The minimum absolute atomic E-state index is 0.301. The Morgan fingerprint density at radius 1 is 1.73 bits per heavy atom. The van der Waals surface area contributed by atoms with Crippen LogP contribution in [0.1, 0.15) is 13.3 Å². The third kappa shape index (κ3) is 3.44. The van der Waals surface area contributed by atoms with Crippen LogP contribution in [0, 0.1) is 5.92 Å². The molecule has 1 saturated heterocycles. The van der Waals surface area contributed by atoms with Crippen LogP contribution in [0.4, 0.5) is 0 Å². The second-order valence-electron chi connectivity index (χ2n) is 4.19. The predicted molar refractivity (Wildman–Crippen MR) is 56.4 cm³/mol. The van der Waals surface area contributed by atoms with E-state index in [0.717, 1.165) is 19.6 Å². The smallest absolute Gasteiger partial charge is 0.239 e. The first-order valence-electron chi connectivity index (χ1n) is 5.23. The summed E-state index contributed by atoms with van der Waals surface area (Å²) in [4.78, 5) is 11.1. The molecular formula is C10H20N2O3. The van der Waals surface area contributed by atoms with Crippen LogP contribution >= 0.6 is 0 Å². The molecular weight excluding hydrogens is 196 g/mol. The molecule has 0 radical (unpaired) electrons. The highest BCUT2D eigenvalue weighted by atomic mass is 16.5. The summed E-state index contributed by atoms with van der Waals surface area (Å²) < 4.78 is 10.7. The first-order valence-corrected chi connectivity index (χ1v) is 5.23. The number of ether oxygens (including phenoxy) is 2. The molecule has 1 heterocycles. The van der Waals surface area contributed by atoms with Gasteiger partial charge < -0.3 is 20.5 Å². The third-order valence-corrected chi connectivity index (χ3v) is 2.86. The van der Waals surface area contributed by atoms with Crippen molar-refractivity contribution in [3.63, 3.8) is 0 Å². The highest BCUT2D eigenvalue weighted by Crippen LogP contribution is 2.13. The second-order valence-corrected chi connectivity index (χ2v) is 4.19. The van der Waals surface area contributed by atoms with Gasteiger partial charge in [-0.25, -0.2) is 0 Å². The van der Waals surface area contributed by atoms with E-state index in [1.165, 1.54) is 0 Å². The Balaban J connectivity index is 2.25. The molecule has 15 heavy (non-hydrogen) atoms. The Morgan fingerprint density at radius 3 is 2.93 bits per heavy atom. The maximum Gasteiger partial charge on any atom is 0.239 e. The van der Waals surface area contributed by atoms with Crippen LogP contribution in [0.2, 0.25) is 0 Å². The van der Waals surface area contributed by atoms with Gasteiger partial charge in [-0.2, -0.15) is 0 Å². The fraction of sp³-hybridized carbons (Fsp3) is 0.900. The standard InChI is InChI=1S/C10H20N2O3/c1-10(12-2,9(11)13)7-15-6-8-3-4-14-5-8/h8,12H,3-7H2,1-2H3,(H2,11,13). The van der Waals surface area contributed by atoms with Gasteiger partial charge in [0.2, 0.25) is 5.91 Å². The number of carbonyl (C=O) groups excluding carboxylic acids is 1. The zero-order valence-corrected chi connectivity index (χ0v) is 9.41. The van der Waals surface area contributed by atoms with E-state index >= 15 is 0 Å². The molecule has 1 amide bonds. The van der Waals surface area contributed by atoms with E-state index in [1.54, 1.807) is 14.0 Å². The summed E-state index contributed by atoms with van der Waals surface area (Å²) in [6, 6.07) is 0. The van der Waals surface area contributed by atoms with Crippen LogP contribution in [-0.2, 0) is 14.3 Å². The molecule has 1 aliphatic rings. The van der Waals surface area contributed by atoms with Gasteiger partial charge in [0.15, 0.2) is 0 Å². The summed E-state index contributed by atoms with van der Waals surface area (Å²) in [6.45, 7) is 4.24. The van der Waals surface area contributed by atoms with Gasteiger partial charge in [0.25, 0.3) is 0 Å². The van der Waals surface area contributed by atoms with Crippen molar-refractivity contribution in [1.82, 2.24) is 5.32 Å². The molecule has 0 bridgehead atoms. The number of carbonyl (C=O) groups is 1. The first-order chi connectivity index (χ1) is 7.08. The van der Waals surface area contributed by atoms with Crippen LogP contribution < -0.4 is 11.1 Å². The van der Waals surface area contributed by atoms with Gasteiger partial charge in [0.05, 0.1) is 19.8 Å². The number of rotatable bonds is 6. The van der Waals surface area contributed by atoms with Crippen molar-refractivity contribution in [2.45, 2.75) is 18.9 Å². The lowest BCUT2D eigenvalue weighted by molar-refractivity contribution is -0.126. The highest BCUT2D eigenvalue weighted by molar-refractivity contribution is 5.84.